The van der Waals surface area contributed by atoms with Crippen molar-refractivity contribution in [3.05, 3.63) is 12.3 Å². The zero-order chi connectivity index (χ0) is 11.1. The van der Waals surface area contributed by atoms with Crippen molar-refractivity contribution in [1.82, 2.24) is 4.90 Å². The van der Waals surface area contributed by atoms with E-state index in [0.29, 0.717) is 12.5 Å². The second-order valence-corrected chi connectivity index (χ2v) is 3.58. The number of guanidine groups is 1. The van der Waals surface area contributed by atoms with Gasteiger partial charge in [-0.15, -0.1) is 0 Å². The SMILES string of the molecule is CCN(CC)C(N)=NC[C@@H]1CCC=CO1. The normalized spacial score (nSPS) is 21.2. The van der Waals surface area contributed by atoms with Crippen molar-refractivity contribution in [3.63, 3.8) is 0 Å². The van der Waals surface area contributed by atoms with Crippen LogP contribution in [0.3, 0.4) is 0 Å². The van der Waals surface area contributed by atoms with E-state index in [4.69, 9.17) is 10.5 Å². The highest BCUT2D eigenvalue weighted by Gasteiger charge is 2.10. The molecule has 0 radical (unpaired) electrons. The molecule has 1 aliphatic rings. The molecule has 0 aromatic heterocycles. The lowest BCUT2D eigenvalue weighted by atomic mass is 10.2. The summed E-state index contributed by atoms with van der Waals surface area (Å²) in [6.45, 7) is 6.61. The van der Waals surface area contributed by atoms with Crippen molar-refractivity contribution in [3.8, 4) is 0 Å². The molecule has 0 aromatic rings. The minimum atomic E-state index is 0.198. The molecule has 0 aliphatic carbocycles. The van der Waals surface area contributed by atoms with Crippen LogP contribution in [0.15, 0.2) is 17.3 Å². The molecule has 1 rings (SSSR count). The van der Waals surface area contributed by atoms with Crippen LogP contribution >= 0.6 is 0 Å². The lowest BCUT2D eigenvalue weighted by molar-refractivity contribution is 0.131. The van der Waals surface area contributed by atoms with Gasteiger partial charge < -0.3 is 15.4 Å². The van der Waals surface area contributed by atoms with Gasteiger partial charge in [-0.2, -0.15) is 0 Å². The zero-order valence-electron chi connectivity index (χ0n) is 9.65. The minimum Gasteiger partial charge on any atom is -0.496 e. The van der Waals surface area contributed by atoms with Gasteiger partial charge in [0.15, 0.2) is 5.96 Å². The molecule has 0 spiro atoms. The minimum absolute atomic E-state index is 0.198. The number of nitrogens with two attached hydrogens (primary N) is 1. The number of ether oxygens (including phenoxy) is 1. The maximum absolute atomic E-state index is 5.86. The van der Waals surface area contributed by atoms with Crippen LogP contribution in [0.2, 0.25) is 0 Å². The second kappa shape index (κ2) is 6.32. The van der Waals surface area contributed by atoms with E-state index in [1.54, 1.807) is 6.26 Å². The van der Waals surface area contributed by atoms with Crippen LogP contribution in [0.25, 0.3) is 0 Å². The predicted octanol–water partition coefficient (Wildman–Crippen LogP) is 1.34. The van der Waals surface area contributed by atoms with Crippen molar-refractivity contribution in [2.45, 2.75) is 32.8 Å². The molecule has 15 heavy (non-hydrogen) atoms. The first kappa shape index (κ1) is 11.9. The molecule has 4 heteroatoms. The van der Waals surface area contributed by atoms with Crippen molar-refractivity contribution in [1.29, 1.82) is 0 Å². The van der Waals surface area contributed by atoms with Gasteiger partial charge in [0, 0.05) is 13.1 Å². The molecule has 1 aliphatic heterocycles. The Morgan fingerprint density at radius 1 is 1.53 bits per heavy atom. The van der Waals surface area contributed by atoms with E-state index < -0.39 is 0 Å². The fourth-order valence-electron chi connectivity index (χ4n) is 1.56. The highest BCUT2D eigenvalue weighted by Crippen LogP contribution is 2.10. The molecule has 0 bridgehead atoms. The summed E-state index contributed by atoms with van der Waals surface area (Å²) in [4.78, 5) is 6.39. The van der Waals surface area contributed by atoms with Crippen LogP contribution in [0.1, 0.15) is 26.7 Å². The van der Waals surface area contributed by atoms with Crippen molar-refractivity contribution in [2.24, 2.45) is 10.7 Å². The van der Waals surface area contributed by atoms with Gasteiger partial charge in [0.25, 0.3) is 0 Å². The number of aliphatic imine (C=N–C) groups is 1. The highest BCUT2D eigenvalue weighted by atomic mass is 16.5. The summed E-state index contributed by atoms with van der Waals surface area (Å²) >= 11 is 0. The molecule has 0 saturated carbocycles. The van der Waals surface area contributed by atoms with Gasteiger partial charge >= 0.3 is 0 Å². The van der Waals surface area contributed by atoms with E-state index in [0.717, 1.165) is 25.9 Å². The van der Waals surface area contributed by atoms with Gasteiger partial charge in [-0.25, -0.2) is 4.99 Å². The Bertz CT molecular complexity index is 234. The van der Waals surface area contributed by atoms with Crippen molar-refractivity contribution in [2.75, 3.05) is 19.6 Å². The quantitative estimate of drug-likeness (QED) is 0.564. The van der Waals surface area contributed by atoms with Crippen LogP contribution in [0.4, 0.5) is 0 Å². The largest absolute Gasteiger partial charge is 0.496 e. The van der Waals surface area contributed by atoms with Gasteiger partial charge in [-0.05, 0) is 32.8 Å². The Balaban J connectivity index is 2.38. The summed E-state index contributed by atoms with van der Waals surface area (Å²) in [5, 5.41) is 0. The summed E-state index contributed by atoms with van der Waals surface area (Å²) in [7, 11) is 0. The summed E-state index contributed by atoms with van der Waals surface area (Å²) in [5.41, 5.74) is 5.86. The van der Waals surface area contributed by atoms with Crippen LogP contribution in [0, 0.1) is 0 Å². The van der Waals surface area contributed by atoms with E-state index >= 15 is 0 Å². The Kier molecular flexibility index (Phi) is 5.01. The fraction of sp³-hybridized carbons (Fsp3) is 0.727. The third-order valence-corrected chi connectivity index (χ3v) is 2.57. The smallest absolute Gasteiger partial charge is 0.191 e. The van der Waals surface area contributed by atoms with E-state index in [9.17, 15) is 0 Å². The molecule has 0 amide bonds. The van der Waals surface area contributed by atoms with Crippen LogP contribution in [-0.2, 0) is 4.74 Å². The molecule has 4 nitrogen and oxygen atoms in total. The molecular weight excluding hydrogens is 190 g/mol. The van der Waals surface area contributed by atoms with Crippen molar-refractivity contribution < 1.29 is 4.74 Å². The Labute approximate surface area is 91.8 Å². The summed E-state index contributed by atoms with van der Waals surface area (Å²) < 4.78 is 5.41. The van der Waals surface area contributed by atoms with Crippen LogP contribution < -0.4 is 5.73 Å². The van der Waals surface area contributed by atoms with Gasteiger partial charge in [0.05, 0.1) is 12.8 Å². The van der Waals surface area contributed by atoms with Gasteiger partial charge in [-0.3, -0.25) is 0 Å². The first-order valence-corrected chi connectivity index (χ1v) is 5.63. The Morgan fingerprint density at radius 2 is 2.27 bits per heavy atom. The molecule has 2 N–H and O–H groups in total. The van der Waals surface area contributed by atoms with Crippen LogP contribution in [0.5, 0.6) is 0 Å². The molecule has 0 unspecified atom stereocenters. The number of nitrogens with zero attached hydrogens (tertiary/aromatic N) is 2. The van der Waals surface area contributed by atoms with E-state index in [1.807, 2.05) is 11.0 Å². The zero-order valence-corrected chi connectivity index (χ0v) is 9.65. The molecule has 0 aromatic carbocycles. The lowest BCUT2D eigenvalue weighted by Gasteiger charge is -2.21. The molecule has 86 valence electrons. The maximum Gasteiger partial charge on any atom is 0.191 e. The number of rotatable bonds is 4. The Hall–Kier alpha value is -1.19. The van der Waals surface area contributed by atoms with Gasteiger partial charge in [-0.1, -0.05) is 0 Å². The fourth-order valence-corrected chi connectivity index (χ4v) is 1.56. The van der Waals surface area contributed by atoms with Gasteiger partial charge in [0.1, 0.15) is 6.10 Å². The summed E-state index contributed by atoms with van der Waals surface area (Å²) in [6.07, 6.45) is 6.10. The number of allylic oxidation sites excluding steroid dienone is 1. The topological polar surface area (TPSA) is 50.8 Å². The summed E-state index contributed by atoms with van der Waals surface area (Å²) in [5.74, 6) is 0.623. The van der Waals surface area contributed by atoms with E-state index in [1.165, 1.54) is 0 Å². The number of hydrogen-bond donors (Lipinski definition) is 1. The second-order valence-electron chi connectivity index (χ2n) is 3.58. The third-order valence-electron chi connectivity index (χ3n) is 2.57. The summed E-state index contributed by atoms with van der Waals surface area (Å²) in [6, 6.07) is 0. The molecule has 0 fully saturated rings. The average molecular weight is 211 g/mol. The first-order valence-electron chi connectivity index (χ1n) is 5.63. The first-order chi connectivity index (χ1) is 7.27. The maximum atomic E-state index is 5.86. The third kappa shape index (κ3) is 3.81. The molecule has 1 heterocycles. The van der Waals surface area contributed by atoms with Crippen molar-refractivity contribution >= 4 is 5.96 Å². The van der Waals surface area contributed by atoms with E-state index in [2.05, 4.69) is 18.8 Å². The number of hydrogen-bond acceptors (Lipinski definition) is 2. The monoisotopic (exact) mass is 211 g/mol. The predicted molar refractivity (Wildman–Crippen MR) is 62.7 cm³/mol. The highest BCUT2D eigenvalue weighted by molar-refractivity contribution is 5.78. The Morgan fingerprint density at radius 3 is 2.80 bits per heavy atom. The standard InChI is InChI=1S/C11H21N3O/c1-3-14(4-2)11(12)13-9-10-7-5-6-8-15-10/h6,8,10H,3-5,7,9H2,1-2H3,(H2,12,13)/t10-/m0/s1. The van der Waals surface area contributed by atoms with E-state index in [-0.39, 0.29) is 6.10 Å². The molecular formula is C11H21N3O. The van der Waals surface area contributed by atoms with Gasteiger partial charge in [0.2, 0.25) is 0 Å². The van der Waals surface area contributed by atoms with Crippen LogP contribution in [-0.4, -0.2) is 36.6 Å². The average Bonchev–Trinajstić information content (AvgIpc) is 2.29. The molecule has 1 atom stereocenters. The molecule has 0 saturated heterocycles. The lowest BCUT2D eigenvalue weighted by Crippen LogP contribution is -2.37.